The largest absolute Gasteiger partial charge is 0.489 e. The second-order valence-corrected chi connectivity index (χ2v) is 10.6. The molecule has 0 radical (unpaired) electrons. The van der Waals surface area contributed by atoms with Crippen molar-refractivity contribution in [3.8, 4) is 22.3 Å². The van der Waals surface area contributed by atoms with Crippen LogP contribution in [0.2, 0.25) is 0 Å². The maximum Gasteiger partial charge on any atom is 0.489 e. The zero-order valence-corrected chi connectivity index (χ0v) is 23.2. The van der Waals surface area contributed by atoms with Gasteiger partial charge in [-0.2, -0.15) is 0 Å². The van der Waals surface area contributed by atoms with Gasteiger partial charge < -0.3 is 10.0 Å². The van der Waals surface area contributed by atoms with Crippen LogP contribution >= 0.6 is 0 Å². The lowest BCUT2D eigenvalue weighted by Gasteiger charge is -2.28. The molecule has 0 amide bonds. The topological polar surface area (TPSA) is 40.5 Å². The molecule has 0 atom stereocenters. The zero-order chi connectivity index (χ0) is 26.8. The van der Waals surface area contributed by atoms with Crippen molar-refractivity contribution in [3.63, 3.8) is 0 Å². The van der Waals surface area contributed by atoms with Crippen LogP contribution in [-0.4, -0.2) is 79.9 Å². The summed E-state index contributed by atoms with van der Waals surface area (Å²) in [7, 11) is 15.7. The highest BCUT2D eigenvalue weighted by atomic mass is 16.4. The second-order valence-electron chi connectivity index (χ2n) is 10.6. The van der Waals surface area contributed by atoms with Crippen molar-refractivity contribution in [1.29, 1.82) is 0 Å². The van der Waals surface area contributed by atoms with Gasteiger partial charge in [-0.15, -0.1) is 21.9 Å². The number of rotatable bonds is 3. The molecule has 170 valence electrons. The Morgan fingerprint density at radius 3 is 1.24 bits per heavy atom. The molecular weight excluding hydrogens is 442 g/mol. The number of hydrogen-bond donors (Lipinski definition) is 2. The lowest BCUT2D eigenvalue weighted by atomic mass is 9.56. The van der Waals surface area contributed by atoms with Crippen LogP contribution in [0.15, 0.2) is 54.6 Å². The van der Waals surface area contributed by atoms with E-state index >= 15 is 0 Å². The first-order valence-corrected chi connectivity index (χ1v) is 13.0. The molecule has 11 heteroatoms. The van der Waals surface area contributed by atoms with Crippen molar-refractivity contribution in [2.45, 2.75) is 0 Å². The Labute approximate surface area is 227 Å². The maximum absolute atomic E-state index is 10.9. The summed E-state index contributed by atoms with van der Waals surface area (Å²) >= 11 is 0. The van der Waals surface area contributed by atoms with Gasteiger partial charge in [-0.25, -0.2) is 0 Å². The molecule has 0 aliphatic heterocycles. The van der Waals surface area contributed by atoms with E-state index in [0.717, 1.165) is 32.5 Å². The van der Waals surface area contributed by atoms with Gasteiger partial charge in [0.25, 0.3) is 0 Å². The van der Waals surface area contributed by atoms with Crippen LogP contribution in [-0.2, 0) is 0 Å². The SMILES string of the molecule is Bc1c(B)c(B)c2c(-c3ccccc3-c3ccccc3)c3c(B)c(B)c(B)c(B)c3c(B(O)O)c2c1B. The van der Waals surface area contributed by atoms with Gasteiger partial charge in [-0.1, -0.05) is 76.4 Å². The first kappa shape index (κ1) is 25.8. The van der Waals surface area contributed by atoms with Gasteiger partial charge in [-0.05, 0) is 49.3 Å². The highest BCUT2D eigenvalue weighted by molar-refractivity contribution is 6.77. The van der Waals surface area contributed by atoms with Gasteiger partial charge in [-0.3, -0.25) is 0 Å². The number of fused-ring (bicyclic) bond motifs is 2. The molecular formula is C26H27B9O2. The second kappa shape index (κ2) is 9.46. The predicted octanol–water partition coefficient (Wildman–Crippen LogP) is -8.93. The standard InChI is InChI=1S/C26H27B9O2/c27-18-14-13(12-9-5-4-8-11(12)10-6-2-1-3-7-10)15-17(21(30)25(34)23(32)19(15)28)26(35(36)37)16(14)20(29)24(33)22(18)31/h1-9,36-37H,27-34H2. The molecule has 0 aliphatic rings. The highest BCUT2D eigenvalue weighted by Crippen LogP contribution is 2.38. The van der Waals surface area contributed by atoms with Crippen LogP contribution in [0.1, 0.15) is 0 Å². The van der Waals surface area contributed by atoms with Crippen LogP contribution in [0.4, 0.5) is 0 Å². The van der Waals surface area contributed by atoms with Crippen LogP contribution in [0.3, 0.4) is 0 Å². The monoisotopic (exact) mass is 470 g/mol. The van der Waals surface area contributed by atoms with Crippen molar-refractivity contribution >= 4 is 141 Å². The van der Waals surface area contributed by atoms with Crippen LogP contribution in [0.5, 0.6) is 0 Å². The summed E-state index contributed by atoms with van der Waals surface area (Å²) in [4.78, 5) is 0. The lowest BCUT2D eigenvalue weighted by Crippen LogP contribution is -2.53. The van der Waals surface area contributed by atoms with Gasteiger partial charge in [0.2, 0.25) is 0 Å². The summed E-state index contributed by atoms with van der Waals surface area (Å²) in [6.45, 7) is 0. The molecule has 0 heterocycles. The van der Waals surface area contributed by atoms with Crippen LogP contribution in [0.25, 0.3) is 43.8 Å². The van der Waals surface area contributed by atoms with Gasteiger partial charge in [0.1, 0.15) is 62.8 Å². The third-order valence-corrected chi connectivity index (χ3v) is 8.95. The van der Waals surface area contributed by atoms with E-state index in [1.54, 1.807) is 0 Å². The number of benzene rings is 5. The van der Waals surface area contributed by atoms with E-state index in [9.17, 15) is 10.0 Å². The Balaban J connectivity index is 2.20. The quantitative estimate of drug-likeness (QED) is 0.204. The smallest absolute Gasteiger partial charge is 0.423 e. The third kappa shape index (κ3) is 3.78. The minimum Gasteiger partial charge on any atom is -0.423 e. The van der Waals surface area contributed by atoms with E-state index in [1.807, 2.05) is 6.07 Å². The first-order chi connectivity index (χ1) is 17.6. The highest BCUT2D eigenvalue weighted by Gasteiger charge is 2.29. The Morgan fingerprint density at radius 1 is 0.432 bits per heavy atom. The minimum atomic E-state index is -1.58. The molecule has 0 saturated carbocycles. The summed E-state index contributed by atoms with van der Waals surface area (Å²) in [6.07, 6.45) is 0. The number of hydrogen-bond acceptors (Lipinski definition) is 2. The molecule has 0 unspecified atom stereocenters. The molecule has 0 saturated heterocycles. The van der Waals surface area contributed by atoms with Crippen LogP contribution in [0, 0.1) is 0 Å². The van der Waals surface area contributed by atoms with Crippen molar-refractivity contribution < 1.29 is 10.0 Å². The molecule has 0 spiro atoms. The molecule has 5 aromatic rings. The van der Waals surface area contributed by atoms with E-state index in [-0.39, 0.29) is 0 Å². The van der Waals surface area contributed by atoms with Gasteiger partial charge >= 0.3 is 7.12 Å². The van der Waals surface area contributed by atoms with E-state index < -0.39 is 7.12 Å². The zero-order valence-electron chi connectivity index (χ0n) is 23.2. The predicted molar refractivity (Wildman–Crippen MR) is 188 cm³/mol. The summed E-state index contributed by atoms with van der Waals surface area (Å²) in [5.41, 5.74) is 14.8. The molecule has 5 rings (SSSR count). The van der Waals surface area contributed by atoms with Crippen molar-refractivity contribution in [1.82, 2.24) is 0 Å². The van der Waals surface area contributed by atoms with Gasteiger partial charge in [0.15, 0.2) is 0 Å². The summed E-state index contributed by atoms with van der Waals surface area (Å²) < 4.78 is 0. The van der Waals surface area contributed by atoms with Crippen LogP contribution < -0.4 is 49.2 Å². The molecule has 0 aliphatic carbocycles. The fraction of sp³-hybridized carbons (Fsp3) is 0. The Hall–Kier alpha value is -2.88. The fourth-order valence-electron chi connectivity index (χ4n) is 6.27. The molecule has 0 bridgehead atoms. The summed E-state index contributed by atoms with van der Waals surface area (Å²) in [6, 6.07) is 19.2. The van der Waals surface area contributed by atoms with Gasteiger partial charge in [0.05, 0.1) is 0 Å². The fourth-order valence-corrected chi connectivity index (χ4v) is 6.27. The minimum absolute atomic E-state index is 0.623. The Kier molecular flexibility index (Phi) is 6.58. The molecule has 0 fully saturated rings. The average Bonchev–Trinajstić information content (AvgIpc) is 2.91. The molecule has 0 aromatic heterocycles. The maximum atomic E-state index is 10.9. The third-order valence-electron chi connectivity index (χ3n) is 8.95. The molecule has 37 heavy (non-hydrogen) atoms. The summed E-state index contributed by atoms with van der Waals surface area (Å²) in [5, 5.41) is 26.0. The first-order valence-electron chi connectivity index (χ1n) is 13.0. The molecule has 5 aromatic carbocycles. The Morgan fingerprint density at radius 2 is 0.811 bits per heavy atom. The normalized spacial score (nSPS) is 11.3. The van der Waals surface area contributed by atoms with E-state index in [4.69, 9.17) is 0 Å². The lowest BCUT2D eigenvalue weighted by molar-refractivity contribution is 0.426. The average molecular weight is 469 g/mol. The summed E-state index contributed by atoms with van der Waals surface area (Å²) in [5.74, 6) is 0. The Bertz CT molecular complexity index is 1650. The molecule has 2 N–H and O–H groups in total. The molecule has 2 nitrogen and oxygen atoms in total. The van der Waals surface area contributed by atoms with E-state index in [2.05, 4.69) is 111 Å². The van der Waals surface area contributed by atoms with Gasteiger partial charge in [0, 0.05) is 0 Å². The van der Waals surface area contributed by atoms with Crippen molar-refractivity contribution in [2.75, 3.05) is 0 Å². The van der Waals surface area contributed by atoms with Crippen molar-refractivity contribution in [3.05, 3.63) is 54.6 Å². The van der Waals surface area contributed by atoms with E-state index in [0.29, 0.717) is 5.46 Å². The van der Waals surface area contributed by atoms with Crippen molar-refractivity contribution in [2.24, 2.45) is 0 Å². The van der Waals surface area contributed by atoms with E-state index in [1.165, 1.54) is 55.0 Å².